The molecule has 2 N–H and O–H groups in total. The van der Waals surface area contributed by atoms with Crippen molar-refractivity contribution in [3.8, 4) is 5.75 Å². The molecule has 0 aliphatic carbocycles. The van der Waals surface area contributed by atoms with E-state index in [1.54, 1.807) is 18.3 Å². The second kappa shape index (κ2) is 9.72. The third kappa shape index (κ3) is 6.41. The summed E-state index contributed by atoms with van der Waals surface area (Å²) in [6.07, 6.45) is 1.58. The summed E-state index contributed by atoms with van der Waals surface area (Å²) in [5.41, 5.74) is 5.12. The lowest BCUT2D eigenvalue weighted by atomic mass is 10.2. The number of carbonyl (C=O) groups is 1. The van der Waals surface area contributed by atoms with Crippen LogP contribution in [0.15, 0.2) is 84.0 Å². The first-order chi connectivity index (χ1) is 13.2. The SMILES string of the molecule is O=C(N/N=C/c1ccc(OCc2ccc(I)cc2)cc1)Nc1ccccc1. The first kappa shape index (κ1) is 18.9. The van der Waals surface area contributed by atoms with Crippen molar-refractivity contribution in [2.24, 2.45) is 5.10 Å². The average molecular weight is 471 g/mol. The molecule has 0 aromatic heterocycles. The molecule has 0 spiro atoms. The van der Waals surface area contributed by atoms with Crippen LogP contribution in [0, 0.1) is 3.57 Å². The van der Waals surface area contributed by atoms with Gasteiger partial charge in [-0.25, -0.2) is 10.2 Å². The number of hydrogen-bond acceptors (Lipinski definition) is 3. The molecule has 0 atom stereocenters. The Morgan fingerprint density at radius 2 is 1.67 bits per heavy atom. The average Bonchev–Trinajstić information content (AvgIpc) is 2.69. The second-order valence-electron chi connectivity index (χ2n) is 5.67. The molecule has 0 saturated carbocycles. The Labute approximate surface area is 171 Å². The fourth-order valence-corrected chi connectivity index (χ4v) is 2.60. The highest BCUT2D eigenvalue weighted by atomic mass is 127. The van der Waals surface area contributed by atoms with Crippen molar-refractivity contribution in [3.05, 3.63) is 93.6 Å². The molecule has 3 aromatic carbocycles. The fraction of sp³-hybridized carbons (Fsp3) is 0.0476. The number of urea groups is 1. The van der Waals surface area contributed by atoms with Crippen molar-refractivity contribution >= 4 is 40.5 Å². The molecule has 0 saturated heterocycles. The van der Waals surface area contributed by atoms with Gasteiger partial charge in [-0.2, -0.15) is 5.10 Å². The predicted molar refractivity (Wildman–Crippen MR) is 116 cm³/mol. The highest BCUT2D eigenvalue weighted by molar-refractivity contribution is 14.1. The number of carbonyl (C=O) groups excluding carboxylic acids is 1. The molecule has 0 radical (unpaired) electrons. The third-order valence-corrected chi connectivity index (χ3v) is 4.33. The van der Waals surface area contributed by atoms with E-state index in [1.807, 2.05) is 42.5 Å². The van der Waals surface area contributed by atoms with Crippen molar-refractivity contribution in [2.45, 2.75) is 6.61 Å². The molecule has 0 aliphatic heterocycles. The number of nitrogens with one attached hydrogen (secondary N) is 2. The molecule has 3 aromatic rings. The number of nitrogens with zero attached hydrogens (tertiary/aromatic N) is 1. The molecular weight excluding hydrogens is 453 g/mol. The molecule has 0 heterocycles. The molecule has 3 rings (SSSR count). The number of hydrogen-bond donors (Lipinski definition) is 2. The molecule has 6 heteroatoms. The van der Waals surface area contributed by atoms with E-state index in [0.717, 1.165) is 16.9 Å². The van der Waals surface area contributed by atoms with E-state index < -0.39 is 6.03 Å². The van der Waals surface area contributed by atoms with E-state index in [9.17, 15) is 4.79 Å². The maximum Gasteiger partial charge on any atom is 0.339 e. The zero-order chi connectivity index (χ0) is 18.9. The molecule has 0 unspecified atom stereocenters. The lowest BCUT2D eigenvalue weighted by Gasteiger charge is -2.06. The van der Waals surface area contributed by atoms with Crippen molar-refractivity contribution in [2.75, 3.05) is 5.32 Å². The van der Waals surface area contributed by atoms with Crippen molar-refractivity contribution < 1.29 is 9.53 Å². The number of amides is 2. The number of anilines is 1. The standard InChI is InChI=1S/C21H18IN3O2/c22-18-10-6-17(7-11-18)15-27-20-12-8-16(9-13-20)14-23-25-21(26)24-19-4-2-1-3-5-19/h1-14H,15H2,(H2,24,25,26)/b23-14+. The number of halogens is 1. The first-order valence-electron chi connectivity index (χ1n) is 8.31. The van der Waals surface area contributed by atoms with Gasteiger partial charge >= 0.3 is 6.03 Å². The largest absolute Gasteiger partial charge is 0.489 e. The van der Waals surface area contributed by atoms with E-state index >= 15 is 0 Å². The first-order valence-corrected chi connectivity index (χ1v) is 9.39. The Bertz CT molecular complexity index is 895. The Morgan fingerprint density at radius 1 is 0.963 bits per heavy atom. The van der Waals surface area contributed by atoms with Gasteiger partial charge in [0.1, 0.15) is 12.4 Å². The van der Waals surface area contributed by atoms with E-state index in [1.165, 1.54) is 3.57 Å². The number of rotatable bonds is 6. The van der Waals surface area contributed by atoms with Gasteiger partial charge in [0, 0.05) is 9.26 Å². The highest BCUT2D eigenvalue weighted by Gasteiger charge is 1.99. The topological polar surface area (TPSA) is 62.7 Å². The van der Waals surface area contributed by atoms with Gasteiger partial charge < -0.3 is 10.1 Å². The van der Waals surface area contributed by atoms with Crippen LogP contribution < -0.4 is 15.5 Å². The molecule has 0 aliphatic rings. The number of benzene rings is 3. The van der Waals surface area contributed by atoms with Gasteiger partial charge in [0.05, 0.1) is 6.21 Å². The van der Waals surface area contributed by atoms with Gasteiger partial charge in [0.2, 0.25) is 0 Å². The Balaban J connectivity index is 1.46. The molecule has 27 heavy (non-hydrogen) atoms. The zero-order valence-corrected chi connectivity index (χ0v) is 16.6. The van der Waals surface area contributed by atoms with Crippen LogP contribution in [0.2, 0.25) is 0 Å². The van der Waals surface area contributed by atoms with E-state index in [0.29, 0.717) is 12.3 Å². The van der Waals surface area contributed by atoms with Gasteiger partial charge in [0.25, 0.3) is 0 Å². The molecule has 0 bridgehead atoms. The van der Waals surface area contributed by atoms with Crippen molar-refractivity contribution in [1.82, 2.24) is 5.43 Å². The van der Waals surface area contributed by atoms with Crippen LogP contribution in [0.3, 0.4) is 0 Å². The van der Waals surface area contributed by atoms with Crippen LogP contribution in [0.4, 0.5) is 10.5 Å². The van der Waals surface area contributed by atoms with Crippen LogP contribution in [0.1, 0.15) is 11.1 Å². The monoisotopic (exact) mass is 471 g/mol. The number of hydrazone groups is 1. The lowest BCUT2D eigenvalue weighted by Crippen LogP contribution is -2.24. The summed E-state index contributed by atoms with van der Waals surface area (Å²) in [4.78, 5) is 11.7. The molecule has 136 valence electrons. The summed E-state index contributed by atoms with van der Waals surface area (Å²) >= 11 is 2.28. The van der Waals surface area contributed by atoms with E-state index in [2.05, 4.69) is 62.7 Å². The van der Waals surface area contributed by atoms with Gasteiger partial charge in [-0.15, -0.1) is 0 Å². The van der Waals surface area contributed by atoms with Crippen molar-refractivity contribution in [3.63, 3.8) is 0 Å². The van der Waals surface area contributed by atoms with E-state index in [-0.39, 0.29) is 0 Å². The predicted octanol–water partition coefficient (Wildman–Crippen LogP) is 5.03. The fourth-order valence-electron chi connectivity index (χ4n) is 2.24. The number of para-hydroxylation sites is 1. The highest BCUT2D eigenvalue weighted by Crippen LogP contribution is 2.14. The molecule has 0 fully saturated rings. The Kier molecular flexibility index (Phi) is 6.81. The summed E-state index contributed by atoms with van der Waals surface area (Å²) in [5.74, 6) is 0.778. The van der Waals surface area contributed by atoms with Crippen LogP contribution in [0.25, 0.3) is 0 Å². The number of ether oxygens (including phenoxy) is 1. The third-order valence-electron chi connectivity index (χ3n) is 3.61. The molecular formula is C21H18IN3O2. The Hall–Kier alpha value is -2.87. The minimum absolute atomic E-state index is 0.394. The normalized spacial score (nSPS) is 10.6. The maximum absolute atomic E-state index is 11.7. The van der Waals surface area contributed by atoms with Crippen molar-refractivity contribution in [1.29, 1.82) is 0 Å². The summed E-state index contributed by atoms with van der Waals surface area (Å²) in [5, 5.41) is 6.63. The maximum atomic E-state index is 11.7. The molecule has 5 nitrogen and oxygen atoms in total. The summed E-state index contributed by atoms with van der Waals surface area (Å²) in [7, 11) is 0. The Morgan fingerprint density at radius 3 is 2.37 bits per heavy atom. The van der Waals surface area contributed by atoms with E-state index in [4.69, 9.17) is 4.74 Å². The smallest absolute Gasteiger partial charge is 0.339 e. The summed E-state index contributed by atoms with van der Waals surface area (Å²) in [6, 6.07) is 24.5. The van der Waals surface area contributed by atoms with Crippen LogP contribution >= 0.6 is 22.6 Å². The second-order valence-corrected chi connectivity index (χ2v) is 6.92. The summed E-state index contributed by atoms with van der Waals surface area (Å²) < 4.78 is 6.97. The summed E-state index contributed by atoms with van der Waals surface area (Å²) in [6.45, 7) is 0.519. The van der Waals surface area contributed by atoms with Crippen LogP contribution in [-0.2, 0) is 6.61 Å². The quantitative estimate of drug-likeness (QED) is 0.301. The minimum atomic E-state index is -0.394. The van der Waals surface area contributed by atoms with Gasteiger partial charge in [-0.05, 0) is 82.2 Å². The lowest BCUT2D eigenvalue weighted by molar-refractivity contribution is 0.252. The molecule has 2 amide bonds. The van der Waals surface area contributed by atoms with Crippen LogP contribution in [-0.4, -0.2) is 12.2 Å². The van der Waals surface area contributed by atoms with Crippen LogP contribution in [0.5, 0.6) is 5.75 Å². The van der Waals surface area contributed by atoms with Gasteiger partial charge in [-0.3, -0.25) is 0 Å². The van der Waals surface area contributed by atoms with Gasteiger partial charge in [-0.1, -0.05) is 30.3 Å². The zero-order valence-electron chi connectivity index (χ0n) is 14.4. The van der Waals surface area contributed by atoms with Gasteiger partial charge in [0.15, 0.2) is 0 Å². The minimum Gasteiger partial charge on any atom is -0.489 e.